The van der Waals surface area contributed by atoms with Gasteiger partial charge in [0.1, 0.15) is 5.75 Å². The fourth-order valence-corrected chi connectivity index (χ4v) is 3.27. The van der Waals surface area contributed by atoms with Crippen LogP contribution in [0.1, 0.15) is 35.6 Å². The molecule has 1 aliphatic carbocycles. The van der Waals surface area contributed by atoms with Crippen molar-refractivity contribution in [3.63, 3.8) is 0 Å². The van der Waals surface area contributed by atoms with Gasteiger partial charge in [-0.25, -0.2) is 0 Å². The molecule has 0 bridgehead atoms. The first kappa shape index (κ1) is 9.48. The molecule has 0 radical (unpaired) electrons. The van der Waals surface area contributed by atoms with Crippen molar-refractivity contribution in [2.75, 3.05) is 11.9 Å². The monoisotopic (exact) mass is 230 g/mol. The molecule has 17 heavy (non-hydrogen) atoms. The van der Waals surface area contributed by atoms with E-state index in [1.54, 1.807) is 0 Å². The lowest BCUT2D eigenvalue weighted by atomic mass is 9.86. The molecule has 2 aliphatic heterocycles. The number of rotatable bonds is 0. The van der Waals surface area contributed by atoms with Gasteiger partial charge in [0.05, 0.1) is 5.69 Å². The summed E-state index contributed by atoms with van der Waals surface area (Å²) in [5.74, 6) is 0.861. The van der Waals surface area contributed by atoms with Gasteiger partial charge in [-0.2, -0.15) is 0 Å². The fraction of sp³-hybridized carbons (Fsp3) is 0.462. The number of anilines is 1. The summed E-state index contributed by atoms with van der Waals surface area (Å²) in [7, 11) is 0. The van der Waals surface area contributed by atoms with Crippen LogP contribution in [0.15, 0.2) is 6.07 Å². The van der Waals surface area contributed by atoms with Gasteiger partial charge in [0.15, 0.2) is 6.61 Å². The first-order valence-corrected chi connectivity index (χ1v) is 6.17. The molecular weight excluding hydrogens is 216 g/mol. The van der Waals surface area contributed by atoms with E-state index in [1.165, 1.54) is 29.5 Å². The van der Waals surface area contributed by atoms with Crippen LogP contribution >= 0.6 is 0 Å². The quantitative estimate of drug-likeness (QED) is 0.710. The largest absolute Gasteiger partial charge is 0.481 e. The zero-order chi connectivity index (χ0) is 11.4. The Kier molecular flexibility index (Phi) is 1.80. The third-order valence-corrected chi connectivity index (χ3v) is 3.94. The fourth-order valence-electron chi connectivity index (χ4n) is 3.27. The number of hydrogen-bond donors (Lipinski definition) is 2. The van der Waals surface area contributed by atoms with Crippen molar-refractivity contribution < 1.29 is 9.53 Å². The van der Waals surface area contributed by atoms with Crippen LogP contribution in [0.3, 0.4) is 0 Å². The van der Waals surface area contributed by atoms with E-state index in [0.717, 1.165) is 24.4 Å². The Hall–Kier alpha value is -1.55. The lowest BCUT2D eigenvalue weighted by Crippen LogP contribution is -2.27. The van der Waals surface area contributed by atoms with Crippen LogP contribution in [-0.2, 0) is 17.8 Å². The number of hydrogen-bond acceptors (Lipinski definition) is 3. The molecule has 3 aliphatic rings. The van der Waals surface area contributed by atoms with Crippen LogP contribution in [-0.4, -0.2) is 12.5 Å². The molecule has 1 atom stereocenters. The van der Waals surface area contributed by atoms with Crippen LogP contribution in [0, 0.1) is 0 Å². The van der Waals surface area contributed by atoms with Crippen LogP contribution in [0.5, 0.6) is 5.75 Å². The Morgan fingerprint density at radius 2 is 2.35 bits per heavy atom. The van der Waals surface area contributed by atoms with Gasteiger partial charge in [0.2, 0.25) is 0 Å². The third-order valence-electron chi connectivity index (χ3n) is 3.94. The Morgan fingerprint density at radius 1 is 1.41 bits per heavy atom. The summed E-state index contributed by atoms with van der Waals surface area (Å²) in [6, 6.07) is 2.57. The molecule has 0 saturated heterocycles. The van der Waals surface area contributed by atoms with Crippen LogP contribution in [0.25, 0.3) is 0 Å². The Morgan fingerprint density at radius 3 is 3.29 bits per heavy atom. The molecule has 4 nitrogen and oxygen atoms in total. The molecule has 1 aromatic rings. The highest BCUT2D eigenvalue weighted by Crippen LogP contribution is 2.45. The van der Waals surface area contributed by atoms with Crippen LogP contribution < -0.4 is 15.4 Å². The standard InChI is InChI=1S/C13H14N2O2/c16-11-6-17-13-8-2-1-3-9-12(8)7(5-14-9)4-10(13)15-11/h4,9,14H,1-3,5-6H2,(H,15,16). The molecule has 4 rings (SSSR count). The summed E-state index contributed by atoms with van der Waals surface area (Å²) in [6.45, 7) is 1.06. The summed E-state index contributed by atoms with van der Waals surface area (Å²) in [5.41, 5.74) is 4.94. The van der Waals surface area contributed by atoms with Gasteiger partial charge in [-0.1, -0.05) is 0 Å². The zero-order valence-electron chi connectivity index (χ0n) is 9.51. The Balaban J connectivity index is 1.95. The number of carbonyl (C=O) groups is 1. The van der Waals surface area contributed by atoms with Gasteiger partial charge in [-0.15, -0.1) is 0 Å². The Labute approximate surface area is 99.3 Å². The predicted octanol–water partition coefficient (Wildman–Crippen LogP) is 1.50. The highest BCUT2D eigenvalue weighted by molar-refractivity contribution is 5.96. The SMILES string of the molecule is O=C1COc2c(cc3c4c2CCCC4NC3)N1. The molecule has 1 aromatic carbocycles. The lowest BCUT2D eigenvalue weighted by molar-refractivity contribution is -0.118. The summed E-state index contributed by atoms with van der Waals surface area (Å²) in [4.78, 5) is 11.4. The predicted molar refractivity (Wildman–Crippen MR) is 63.1 cm³/mol. The average Bonchev–Trinajstić information content (AvgIpc) is 2.74. The molecule has 2 N–H and O–H groups in total. The van der Waals surface area contributed by atoms with Crippen molar-refractivity contribution >= 4 is 11.6 Å². The first-order chi connectivity index (χ1) is 8.33. The second kappa shape index (κ2) is 3.23. The third kappa shape index (κ3) is 1.24. The lowest BCUT2D eigenvalue weighted by Gasteiger charge is -2.27. The van der Waals surface area contributed by atoms with E-state index in [9.17, 15) is 4.79 Å². The smallest absolute Gasteiger partial charge is 0.262 e. The minimum Gasteiger partial charge on any atom is -0.481 e. The van der Waals surface area contributed by atoms with E-state index in [-0.39, 0.29) is 12.5 Å². The van der Waals surface area contributed by atoms with Crippen molar-refractivity contribution in [3.05, 3.63) is 22.8 Å². The first-order valence-electron chi connectivity index (χ1n) is 6.17. The van der Waals surface area contributed by atoms with Gasteiger partial charge in [0, 0.05) is 18.2 Å². The van der Waals surface area contributed by atoms with Gasteiger partial charge >= 0.3 is 0 Å². The van der Waals surface area contributed by atoms with Crippen LogP contribution in [0.4, 0.5) is 5.69 Å². The number of carbonyl (C=O) groups excluding carboxylic acids is 1. The highest BCUT2D eigenvalue weighted by Gasteiger charge is 2.33. The molecule has 0 fully saturated rings. The van der Waals surface area contributed by atoms with E-state index in [1.807, 2.05) is 0 Å². The molecule has 0 aromatic heterocycles. The van der Waals surface area contributed by atoms with Gasteiger partial charge in [0.25, 0.3) is 5.91 Å². The second-order valence-corrected chi connectivity index (χ2v) is 4.97. The number of nitrogens with one attached hydrogen (secondary N) is 2. The maximum absolute atomic E-state index is 11.4. The maximum Gasteiger partial charge on any atom is 0.262 e. The van der Waals surface area contributed by atoms with Crippen molar-refractivity contribution in [2.45, 2.75) is 31.8 Å². The topological polar surface area (TPSA) is 50.4 Å². The molecule has 4 heteroatoms. The van der Waals surface area contributed by atoms with Gasteiger partial charge < -0.3 is 15.4 Å². The second-order valence-electron chi connectivity index (χ2n) is 4.97. The van der Waals surface area contributed by atoms with Crippen molar-refractivity contribution in [2.24, 2.45) is 0 Å². The van der Waals surface area contributed by atoms with E-state index in [4.69, 9.17) is 4.74 Å². The summed E-state index contributed by atoms with van der Waals surface area (Å²) in [6.07, 6.45) is 3.47. The van der Waals surface area contributed by atoms with E-state index in [2.05, 4.69) is 16.7 Å². The van der Waals surface area contributed by atoms with Crippen LogP contribution in [0.2, 0.25) is 0 Å². The molecular formula is C13H14N2O2. The summed E-state index contributed by atoms with van der Waals surface area (Å²) in [5, 5.41) is 6.44. The minimum absolute atomic E-state index is 0.0528. The van der Waals surface area contributed by atoms with E-state index >= 15 is 0 Å². The van der Waals surface area contributed by atoms with E-state index < -0.39 is 0 Å². The molecule has 2 heterocycles. The van der Waals surface area contributed by atoms with Crippen molar-refractivity contribution in [3.8, 4) is 5.75 Å². The van der Waals surface area contributed by atoms with Crippen molar-refractivity contribution in [1.29, 1.82) is 0 Å². The van der Waals surface area contributed by atoms with E-state index in [0.29, 0.717) is 6.04 Å². The molecule has 1 amide bonds. The number of fused-ring (bicyclic) bond motifs is 2. The number of ether oxygens (including phenoxy) is 1. The molecule has 0 saturated carbocycles. The van der Waals surface area contributed by atoms with Crippen molar-refractivity contribution in [1.82, 2.24) is 5.32 Å². The zero-order valence-corrected chi connectivity index (χ0v) is 9.51. The number of benzene rings is 1. The molecule has 0 spiro atoms. The average molecular weight is 230 g/mol. The normalized spacial score (nSPS) is 24.7. The summed E-state index contributed by atoms with van der Waals surface area (Å²) >= 11 is 0. The Bertz CT molecular complexity index is 525. The molecule has 88 valence electrons. The maximum atomic E-state index is 11.4. The minimum atomic E-state index is -0.0528. The summed E-state index contributed by atoms with van der Waals surface area (Å²) < 4.78 is 5.63. The van der Waals surface area contributed by atoms with Gasteiger partial charge in [-0.05, 0) is 36.5 Å². The van der Waals surface area contributed by atoms with Gasteiger partial charge in [-0.3, -0.25) is 4.79 Å². The number of amides is 1. The highest BCUT2D eigenvalue weighted by atomic mass is 16.5. The molecule has 1 unspecified atom stereocenters.